The summed E-state index contributed by atoms with van der Waals surface area (Å²) in [4.78, 5) is 33.2. The van der Waals surface area contributed by atoms with Crippen molar-refractivity contribution in [2.45, 2.75) is 18.5 Å². The van der Waals surface area contributed by atoms with Crippen molar-refractivity contribution >= 4 is 34.1 Å². The lowest BCUT2D eigenvalue weighted by Gasteiger charge is -2.41. The van der Waals surface area contributed by atoms with Gasteiger partial charge in [-0.15, -0.1) is 11.3 Å². The highest BCUT2D eigenvalue weighted by molar-refractivity contribution is 7.07. The summed E-state index contributed by atoms with van der Waals surface area (Å²) in [6.45, 7) is 2.44. The van der Waals surface area contributed by atoms with E-state index >= 15 is 0 Å². The molecule has 2 fully saturated rings. The van der Waals surface area contributed by atoms with E-state index < -0.39 is 5.82 Å². The van der Waals surface area contributed by atoms with Crippen LogP contribution in [0.15, 0.2) is 59.6 Å². The average molecular weight is 508 g/mol. The van der Waals surface area contributed by atoms with Gasteiger partial charge in [-0.1, -0.05) is 0 Å². The number of likely N-dealkylation sites (tertiary alicyclic amines) is 2. The van der Waals surface area contributed by atoms with Gasteiger partial charge < -0.3 is 19.7 Å². The van der Waals surface area contributed by atoms with Crippen molar-refractivity contribution in [1.82, 2.24) is 24.7 Å². The first-order valence-electron chi connectivity index (χ1n) is 11.8. The quantitative estimate of drug-likeness (QED) is 0.447. The van der Waals surface area contributed by atoms with E-state index in [1.165, 1.54) is 29.7 Å². The number of hydrogen-bond acceptors (Lipinski definition) is 5. The second kappa shape index (κ2) is 9.11. The molecule has 0 bridgehead atoms. The Bertz CT molecular complexity index is 1430. The summed E-state index contributed by atoms with van der Waals surface area (Å²) in [5, 5.41) is 5.66. The predicted molar refractivity (Wildman–Crippen MR) is 132 cm³/mol. The molecule has 0 radical (unpaired) electrons. The van der Waals surface area contributed by atoms with Crippen LogP contribution in [-0.2, 0) is 0 Å². The number of hydrogen-bond donors (Lipinski definition) is 1. The van der Waals surface area contributed by atoms with Gasteiger partial charge in [0.2, 0.25) is 0 Å². The first-order valence-corrected chi connectivity index (χ1v) is 12.7. The first kappa shape index (κ1) is 22.8. The second-order valence-corrected chi connectivity index (χ2v) is 9.96. The average Bonchev–Trinajstić information content (AvgIpc) is 3.62. The van der Waals surface area contributed by atoms with Crippen molar-refractivity contribution in [3.8, 4) is 5.69 Å². The number of benzene rings is 2. The van der Waals surface area contributed by atoms with E-state index in [0.717, 1.165) is 6.42 Å². The minimum atomic E-state index is -0.440. The second-order valence-electron chi connectivity index (χ2n) is 9.24. The largest absolute Gasteiger partial charge is 0.336 e. The molecule has 0 spiro atoms. The molecule has 184 valence electrons. The first-order chi connectivity index (χ1) is 17.5. The Morgan fingerprint density at radius 1 is 0.972 bits per heavy atom. The summed E-state index contributed by atoms with van der Waals surface area (Å²) >= 11 is 1.41. The fourth-order valence-corrected chi connectivity index (χ4v) is 5.49. The van der Waals surface area contributed by atoms with Crippen LogP contribution in [0.1, 0.15) is 27.3 Å². The highest BCUT2D eigenvalue weighted by Crippen LogP contribution is 2.27. The van der Waals surface area contributed by atoms with Gasteiger partial charge in [0, 0.05) is 66.5 Å². The maximum absolute atomic E-state index is 14.7. The molecule has 2 aromatic heterocycles. The summed E-state index contributed by atoms with van der Waals surface area (Å²) in [6, 6.07) is 11.2. The molecule has 0 aliphatic carbocycles. The molecule has 1 N–H and O–H groups in total. The Labute approximate surface area is 210 Å². The number of nitrogens with zero attached hydrogens (tertiary/aromatic N) is 4. The Morgan fingerprint density at radius 3 is 2.50 bits per heavy atom. The van der Waals surface area contributed by atoms with Crippen LogP contribution in [0.2, 0.25) is 0 Å². The number of thiazole rings is 1. The Morgan fingerprint density at radius 2 is 1.75 bits per heavy atom. The van der Waals surface area contributed by atoms with E-state index in [2.05, 4.69) is 10.3 Å². The fraction of sp³-hybridized carbons (Fsp3) is 0.269. The fourth-order valence-electron chi connectivity index (χ4n) is 4.96. The summed E-state index contributed by atoms with van der Waals surface area (Å²) < 4.78 is 29.6. The van der Waals surface area contributed by atoms with Gasteiger partial charge in [-0.25, -0.2) is 13.8 Å². The topological polar surface area (TPSA) is 70.5 Å². The molecule has 10 heteroatoms. The molecule has 2 amide bonds. The molecule has 36 heavy (non-hydrogen) atoms. The van der Waals surface area contributed by atoms with Crippen LogP contribution in [-0.4, -0.2) is 69.4 Å². The van der Waals surface area contributed by atoms with Crippen LogP contribution < -0.4 is 5.32 Å². The lowest BCUT2D eigenvalue weighted by Crippen LogP contribution is -2.62. The number of aromatic nitrogens is 2. The normalized spacial score (nSPS) is 18.1. The van der Waals surface area contributed by atoms with E-state index in [9.17, 15) is 18.4 Å². The van der Waals surface area contributed by atoms with Crippen molar-refractivity contribution in [2.75, 3.05) is 26.2 Å². The van der Waals surface area contributed by atoms with Gasteiger partial charge in [-0.05, 0) is 48.9 Å². The summed E-state index contributed by atoms with van der Waals surface area (Å²) in [5.74, 6) is -0.983. The Kier molecular flexibility index (Phi) is 5.77. The van der Waals surface area contributed by atoms with Crippen molar-refractivity contribution in [1.29, 1.82) is 0 Å². The van der Waals surface area contributed by atoms with Crippen molar-refractivity contribution in [3.05, 3.63) is 82.4 Å². The van der Waals surface area contributed by atoms with Crippen molar-refractivity contribution in [3.63, 3.8) is 0 Å². The molecule has 7 nitrogen and oxygen atoms in total. The van der Waals surface area contributed by atoms with E-state index in [1.54, 1.807) is 50.7 Å². The highest BCUT2D eigenvalue weighted by Gasteiger charge is 2.35. The molecule has 4 heterocycles. The molecule has 1 atom stereocenters. The number of carbonyl (C=O) groups is 2. The van der Waals surface area contributed by atoms with Crippen molar-refractivity contribution < 1.29 is 18.4 Å². The molecule has 4 aromatic rings. The number of halogens is 2. The number of rotatable bonds is 5. The van der Waals surface area contributed by atoms with Crippen LogP contribution in [0.25, 0.3) is 16.6 Å². The zero-order valence-corrected chi connectivity index (χ0v) is 20.0. The van der Waals surface area contributed by atoms with Gasteiger partial charge in [0.05, 0.1) is 11.0 Å². The SMILES string of the molecule is O=C(c1ccc2c(c1)c(F)cn2-c1ccc(F)cc1)N1CC(N[C@H]2CCN(C(=O)c3cscn3)C2)C1. The molecule has 2 aromatic carbocycles. The van der Waals surface area contributed by atoms with Crippen LogP contribution >= 0.6 is 11.3 Å². The smallest absolute Gasteiger partial charge is 0.273 e. The Balaban J connectivity index is 1.07. The maximum atomic E-state index is 14.7. The van der Waals surface area contributed by atoms with Gasteiger partial charge in [0.25, 0.3) is 11.8 Å². The van der Waals surface area contributed by atoms with Crippen LogP contribution in [0.3, 0.4) is 0 Å². The third-order valence-electron chi connectivity index (χ3n) is 6.87. The minimum Gasteiger partial charge on any atom is -0.336 e. The molecule has 0 saturated carbocycles. The monoisotopic (exact) mass is 507 g/mol. The third kappa shape index (κ3) is 4.16. The van der Waals surface area contributed by atoms with E-state index in [-0.39, 0.29) is 29.7 Å². The van der Waals surface area contributed by atoms with Gasteiger partial charge in [-0.3, -0.25) is 9.59 Å². The van der Waals surface area contributed by atoms with Gasteiger partial charge in [0.15, 0.2) is 0 Å². The van der Waals surface area contributed by atoms with E-state index in [0.29, 0.717) is 54.0 Å². The van der Waals surface area contributed by atoms with Crippen LogP contribution in [0, 0.1) is 11.6 Å². The minimum absolute atomic E-state index is 0.0400. The summed E-state index contributed by atoms with van der Waals surface area (Å²) in [7, 11) is 0. The maximum Gasteiger partial charge on any atom is 0.273 e. The Hall–Kier alpha value is -3.63. The molecular weight excluding hydrogens is 484 g/mol. The summed E-state index contributed by atoms with van der Waals surface area (Å²) in [6.07, 6.45) is 2.21. The van der Waals surface area contributed by atoms with Crippen LogP contribution in [0.5, 0.6) is 0 Å². The zero-order valence-electron chi connectivity index (χ0n) is 19.2. The molecular formula is C26H23F2N5O2S. The van der Waals surface area contributed by atoms with Crippen molar-refractivity contribution in [2.24, 2.45) is 0 Å². The lowest BCUT2D eigenvalue weighted by atomic mass is 10.0. The predicted octanol–water partition coefficient (Wildman–Crippen LogP) is 3.69. The van der Waals surface area contributed by atoms with Gasteiger partial charge in [0.1, 0.15) is 17.3 Å². The number of carbonyl (C=O) groups excluding carboxylic acids is 2. The van der Waals surface area contributed by atoms with E-state index in [1.807, 2.05) is 4.90 Å². The molecule has 2 aliphatic heterocycles. The number of fused-ring (bicyclic) bond motifs is 1. The third-order valence-corrected chi connectivity index (χ3v) is 7.46. The van der Waals surface area contributed by atoms with E-state index in [4.69, 9.17) is 0 Å². The van der Waals surface area contributed by atoms with Crippen LogP contribution in [0.4, 0.5) is 8.78 Å². The lowest BCUT2D eigenvalue weighted by molar-refractivity contribution is 0.0553. The van der Waals surface area contributed by atoms with Gasteiger partial charge >= 0.3 is 0 Å². The number of nitrogens with one attached hydrogen (secondary N) is 1. The van der Waals surface area contributed by atoms with Gasteiger partial charge in [-0.2, -0.15) is 0 Å². The highest BCUT2D eigenvalue weighted by atomic mass is 32.1. The molecule has 2 saturated heterocycles. The zero-order chi connectivity index (χ0) is 24.8. The molecule has 2 aliphatic rings. The standard InChI is InChI=1S/C26H23F2N5O2S/c27-17-2-4-20(5-3-17)33-13-22(28)21-9-16(1-6-24(21)33)25(34)32-11-19(12-32)30-18-7-8-31(10-18)26(35)23-14-36-15-29-23/h1-6,9,13-15,18-19,30H,7-8,10-12H2/t18-/m0/s1. The summed E-state index contributed by atoms with van der Waals surface area (Å²) in [5.41, 5.74) is 3.82. The number of amides is 2. The molecule has 6 rings (SSSR count). The molecule has 0 unspecified atom stereocenters.